The van der Waals surface area contributed by atoms with Crippen molar-refractivity contribution in [3.05, 3.63) is 33.7 Å². The van der Waals surface area contributed by atoms with E-state index >= 15 is 0 Å². The summed E-state index contributed by atoms with van der Waals surface area (Å²) in [5.74, 6) is 2.46. The van der Waals surface area contributed by atoms with E-state index in [2.05, 4.69) is 39.9 Å². The monoisotopic (exact) mass is 342 g/mol. The standard InChI is InChI=1S/C17H22N6S/c1-4-22(16-8-12(3)20-17-18-10-19-23(16)17)9-15-21-13-6-5-11(2)7-14(13)24-15/h8,10-11H,4-7,9H2,1-3H3. The molecule has 3 heterocycles. The Morgan fingerprint density at radius 2 is 2.25 bits per heavy atom. The SMILES string of the molecule is CCN(Cc1nc2c(s1)CC(C)CC2)c1cc(C)nc2ncnn12. The van der Waals surface area contributed by atoms with Crippen molar-refractivity contribution in [3.63, 3.8) is 0 Å². The fourth-order valence-electron chi connectivity index (χ4n) is 3.32. The lowest BCUT2D eigenvalue weighted by Gasteiger charge is -2.22. The zero-order valence-corrected chi connectivity index (χ0v) is 15.2. The summed E-state index contributed by atoms with van der Waals surface area (Å²) in [5.41, 5.74) is 2.28. The van der Waals surface area contributed by atoms with Crippen LogP contribution in [0.1, 0.15) is 41.5 Å². The molecule has 0 aromatic carbocycles. The summed E-state index contributed by atoms with van der Waals surface area (Å²) in [5, 5.41) is 5.52. The van der Waals surface area contributed by atoms with Gasteiger partial charge < -0.3 is 4.90 Å². The molecule has 0 N–H and O–H groups in total. The third-order valence-corrected chi connectivity index (χ3v) is 5.73. The van der Waals surface area contributed by atoms with Gasteiger partial charge in [0.25, 0.3) is 5.78 Å². The second-order valence-corrected chi connectivity index (χ2v) is 7.74. The molecular weight excluding hydrogens is 320 g/mol. The summed E-state index contributed by atoms with van der Waals surface area (Å²) in [6.45, 7) is 8.19. The Morgan fingerprint density at radius 3 is 3.08 bits per heavy atom. The highest BCUT2D eigenvalue weighted by atomic mass is 32.1. The van der Waals surface area contributed by atoms with E-state index in [0.717, 1.165) is 36.9 Å². The molecule has 3 aromatic rings. The van der Waals surface area contributed by atoms with Crippen LogP contribution in [0.3, 0.4) is 0 Å². The minimum atomic E-state index is 0.649. The molecule has 0 aliphatic heterocycles. The largest absolute Gasteiger partial charge is 0.350 e. The summed E-state index contributed by atoms with van der Waals surface area (Å²) in [6.07, 6.45) is 5.13. The van der Waals surface area contributed by atoms with Gasteiger partial charge in [0.1, 0.15) is 17.2 Å². The third-order valence-electron chi connectivity index (χ3n) is 4.62. The van der Waals surface area contributed by atoms with Gasteiger partial charge in [-0.1, -0.05) is 6.92 Å². The van der Waals surface area contributed by atoms with Crippen LogP contribution in [0, 0.1) is 12.8 Å². The van der Waals surface area contributed by atoms with Gasteiger partial charge in [0.05, 0.1) is 12.2 Å². The maximum atomic E-state index is 4.90. The minimum Gasteiger partial charge on any atom is -0.350 e. The summed E-state index contributed by atoms with van der Waals surface area (Å²) >= 11 is 1.88. The number of hydrogen-bond acceptors (Lipinski definition) is 6. The number of aromatic nitrogens is 5. The number of rotatable bonds is 4. The summed E-state index contributed by atoms with van der Waals surface area (Å²) in [4.78, 5) is 17.3. The van der Waals surface area contributed by atoms with Crippen molar-refractivity contribution in [2.45, 2.75) is 46.6 Å². The number of anilines is 1. The molecule has 3 aromatic heterocycles. The van der Waals surface area contributed by atoms with Gasteiger partial charge in [-0.25, -0.2) is 9.97 Å². The van der Waals surface area contributed by atoms with Crippen LogP contribution in [0.2, 0.25) is 0 Å². The van der Waals surface area contributed by atoms with Crippen molar-refractivity contribution in [3.8, 4) is 0 Å². The first-order valence-electron chi connectivity index (χ1n) is 8.53. The Hall–Kier alpha value is -2.02. The normalized spacial score (nSPS) is 17.2. The van der Waals surface area contributed by atoms with Crippen LogP contribution in [0.4, 0.5) is 5.82 Å². The van der Waals surface area contributed by atoms with Gasteiger partial charge in [-0.3, -0.25) is 0 Å². The second kappa shape index (κ2) is 6.12. The van der Waals surface area contributed by atoms with Crippen molar-refractivity contribution in [1.29, 1.82) is 0 Å². The summed E-state index contributed by atoms with van der Waals surface area (Å²) < 4.78 is 1.81. The number of aryl methyl sites for hydroxylation is 2. The lowest BCUT2D eigenvalue weighted by molar-refractivity contribution is 0.501. The van der Waals surface area contributed by atoms with Crippen molar-refractivity contribution in [1.82, 2.24) is 24.6 Å². The average Bonchev–Trinajstić information content (AvgIpc) is 3.17. The number of fused-ring (bicyclic) bond motifs is 2. The Labute approximate surface area is 145 Å². The molecule has 1 aliphatic carbocycles. The Bertz CT molecular complexity index is 867. The van der Waals surface area contributed by atoms with Crippen LogP contribution >= 0.6 is 11.3 Å². The van der Waals surface area contributed by atoms with Crippen LogP contribution in [0.5, 0.6) is 0 Å². The molecule has 0 spiro atoms. The smallest absolute Gasteiger partial charge is 0.254 e. The molecule has 0 fully saturated rings. The number of hydrogen-bond donors (Lipinski definition) is 0. The van der Waals surface area contributed by atoms with Gasteiger partial charge in [0.15, 0.2) is 0 Å². The Morgan fingerprint density at radius 1 is 1.38 bits per heavy atom. The average molecular weight is 342 g/mol. The fraction of sp³-hybridized carbons (Fsp3) is 0.529. The lowest BCUT2D eigenvalue weighted by atomic mass is 9.93. The van der Waals surface area contributed by atoms with Crippen molar-refractivity contribution in [2.24, 2.45) is 5.92 Å². The molecule has 1 unspecified atom stereocenters. The lowest BCUT2D eigenvalue weighted by Crippen LogP contribution is -2.25. The molecule has 1 aliphatic rings. The van der Waals surface area contributed by atoms with E-state index in [1.807, 2.05) is 22.8 Å². The molecular formula is C17H22N6S. The van der Waals surface area contributed by atoms with Gasteiger partial charge in [-0.05, 0) is 39.0 Å². The molecule has 0 amide bonds. The molecule has 4 rings (SSSR count). The van der Waals surface area contributed by atoms with Crippen molar-refractivity contribution >= 4 is 22.9 Å². The maximum absolute atomic E-state index is 4.90. The molecule has 6 nitrogen and oxygen atoms in total. The molecule has 126 valence electrons. The summed E-state index contributed by atoms with van der Waals surface area (Å²) in [7, 11) is 0. The van der Waals surface area contributed by atoms with Crippen LogP contribution in [0.15, 0.2) is 12.4 Å². The Kier molecular flexibility index (Phi) is 3.96. The topological polar surface area (TPSA) is 59.2 Å². The molecule has 24 heavy (non-hydrogen) atoms. The van der Waals surface area contributed by atoms with Crippen LogP contribution < -0.4 is 4.90 Å². The quantitative estimate of drug-likeness (QED) is 0.729. The van der Waals surface area contributed by atoms with Crippen molar-refractivity contribution < 1.29 is 0 Å². The second-order valence-electron chi connectivity index (χ2n) is 6.57. The first kappa shape index (κ1) is 15.5. The van der Waals surface area contributed by atoms with E-state index in [1.54, 1.807) is 6.33 Å². The van der Waals surface area contributed by atoms with Gasteiger partial charge in [-0.2, -0.15) is 14.6 Å². The molecule has 7 heteroatoms. The number of nitrogens with zero attached hydrogens (tertiary/aromatic N) is 6. The van der Waals surface area contributed by atoms with Gasteiger partial charge >= 0.3 is 0 Å². The molecule has 1 atom stereocenters. The van der Waals surface area contributed by atoms with Crippen LogP contribution in [-0.4, -0.2) is 31.1 Å². The molecule has 0 radical (unpaired) electrons. The predicted molar refractivity (Wildman–Crippen MR) is 95.5 cm³/mol. The van der Waals surface area contributed by atoms with Crippen molar-refractivity contribution in [2.75, 3.05) is 11.4 Å². The van der Waals surface area contributed by atoms with Gasteiger partial charge in [0, 0.05) is 23.2 Å². The van der Waals surface area contributed by atoms with E-state index in [9.17, 15) is 0 Å². The predicted octanol–water partition coefficient (Wildman–Crippen LogP) is 3.04. The highest BCUT2D eigenvalue weighted by Crippen LogP contribution is 2.31. The van der Waals surface area contributed by atoms with E-state index in [-0.39, 0.29) is 0 Å². The molecule has 0 bridgehead atoms. The van der Waals surface area contributed by atoms with E-state index in [1.165, 1.54) is 28.4 Å². The first-order chi connectivity index (χ1) is 11.6. The summed E-state index contributed by atoms with van der Waals surface area (Å²) in [6, 6.07) is 2.07. The van der Waals surface area contributed by atoms with Gasteiger partial charge in [0.2, 0.25) is 0 Å². The Balaban J connectivity index is 1.65. The van der Waals surface area contributed by atoms with Crippen LogP contribution in [0.25, 0.3) is 5.78 Å². The maximum Gasteiger partial charge on any atom is 0.254 e. The van der Waals surface area contributed by atoms with Crippen LogP contribution in [-0.2, 0) is 19.4 Å². The number of thiazole rings is 1. The zero-order valence-electron chi connectivity index (χ0n) is 14.4. The molecule has 0 saturated heterocycles. The van der Waals surface area contributed by atoms with E-state index in [4.69, 9.17) is 4.98 Å². The highest BCUT2D eigenvalue weighted by Gasteiger charge is 2.21. The minimum absolute atomic E-state index is 0.649. The third kappa shape index (κ3) is 2.77. The molecule has 0 saturated carbocycles. The zero-order chi connectivity index (χ0) is 16.7. The fourth-order valence-corrected chi connectivity index (χ4v) is 4.61. The van der Waals surface area contributed by atoms with Gasteiger partial charge in [-0.15, -0.1) is 11.3 Å². The van der Waals surface area contributed by atoms with E-state index in [0.29, 0.717) is 5.78 Å². The highest BCUT2D eigenvalue weighted by molar-refractivity contribution is 7.11. The first-order valence-corrected chi connectivity index (χ1v) is 9.35. The van der Waals surface area contributed by atoms with E-state index < -0.39 is 0 Å².